The molecule has 3 heterocycles. The van der Waals surface area contributed by atoms with E-state index in [0.717, 1.165) is 31.0 Å². The Hall–Kier alpha value is -1.86. The van der Waals surface area contributed by atoms with E-state index in [-0.39, 0.29) is 12.1 Å². The number of hydrogen-bond acceptors (Lipinski definition) is 4. The van der Waals surface area contributed by atoms with Crippen molar-refractivity contribution >= 4 is 28.1 Å². The van der Waals surface area contributed by atoms with Gasteiger partial charge in [0.2, 0.25) is 0 Å². The molecule has 1 saturated heterocycles. The molecule has 0 bridgehead atoms. The number of rotatable bonds is 4. The summed E-state index contributed by atoms with van der Waals surface area (Å²) in [6.07, 6.45) is 7.13. The van der Waals surface area contributed by atoms with Gasteiger partial charge in [-0.25, -0.2) is 4.79 Å². The predicted molar refractivity (Wildman–Crippen MR) is 82.8 cm³/mol. The van der Waals surface area contributed by atoms with Crippen molar-refractivity contribution < 1.29 is 9.53 Å². The van der Waals surface area contributed by atoms with Gasteiger partial charge >= 0.3 is 6.03 Å². The van der Waals surface area contributed by atoms with Crippen LogP contribution in [0.1, 0.15) is 19.3 Å². The summed E-state index contributed by atoms with van der Waals surface area (Å²) in [4.78, 5) is 11.8. The van der Waals surface area contributed by atoms with Crippen LogP contribution in [-0.4, -0.2) is 28.5 Å². The lowest BCUT2D eigenvalue weighted by molar-refractivity contribution is 0.00401. The lowest BCUT2D eigenvalue weighted by atomic mass is 10.1. The van der Waals surface area contributed by atoms with E-state index in [1.54, 1.807) is 6.20 Å². The lowest BCUT2D eigenvalue weighted by Crippen LogP contribution is -2.24. The number of nitrogens with one attached hydrogen (secondary N) is 2. The number of aromatic nitrogens is 2. The molecule has 2 aromatic heterocycles. The van der Waals surface area contributed by atoms with Gasteiger partial charge in [0.05, 0.1) is 29.5 Å². The van der Waals surface area contributed by atoms with Gasteiger partial charge in [-0.2, -0.15) is 5.10 Å². The first-order valence-corrected chi connectivity index (χ1v) is 7.93. The normalized spacial score (nSPS) is 18.4. The lowest BCUT2D eigenvalue weighted by Gasteiger charge is -2.22. The average molecular weight is 306 g/mol. The molecule has 1 aliphatic rings. The van der Waals surface area contributed by atoms with Crippen LogP contribution in [0.25, 0.3) is 0 Å². The first-order valence-electron chi connectivity index (χ1n) is 7.05. The van der Waals surface area contributed by atoms with E-state index in [1.807, 2.05) is 28.4 Å². The first kappa shape index (κ1) is 14.1. The van der Waals surface area contributed by atoms with Gasteiger partial charge in [-0.1, -0.05) is 0 Å². The molecule has 21 heavy (non-hydrogen) atoms. The van der Waals surface area contributed by atoms with E-state index in [2.05, 4.69) is 15.7 Å². The summed E-state index contributed by atoms with van der Waals surface area (Å²) >= 11 is 1.48. The monoisotopic (exact) mass is 306 g/mol. The molecule has 0 saturated carbocycles. The van der Waals surface area contributed by atoms with Crippen molar-refractivity contribution in [2.24, 2.45) is 0 Å². The van der Waals surface area contributed by atoms with Crippen LogP contribution in [0, 0.1) is 0 Å². The van der Waals surface area contributed by atoms with Gasteiger partial charge in [0.25, 0.3) is 0 Å². The fourth-order valence-corrected chi connectivity index (χ4v) is 2.92. The Morgan fingerprint density at radius 1 is 1.48 bits per heavy atom. The standard InChI is InChI=1S/C14H18N4O2S/c19-14(17-13-5-3-7-21-13)16-11-8-15-18(9-11)10-12-4-1-2-6-20-12/h3,5,7-9,12H,1-2,4,6,10H2,(H2,16,17,19). The van der Waals surface area contributed by atoms with Gasteiger partial charge in [-0.05, 0) is 36.8 Å². The Balaban J connectivity index is 1.51. The molecule has 6 nitrogen and oxygen atoms in total. The molecule has 1 fully saturated rings. The Morgan fingerprint density at radius 3 is 3.19 bits per heavy atom. The number of anilines is 2. The third-order valence-electron chi connectivity index (χ3n) is 3.31. The maximum Gasteiger partial charge on any atom is 0.324 e. The number of amides is 2. The van der Waals surface area contributed by atoms with Crippen LogP contribution < -0.4 is 10.6 Å². The minimum Gasteiger partial charge on any atom is -0.376 e. The zero-order valence-corrected chi connectivity index (χ0v) is 12.4. The summed E-state index contributed by atoms with van der Waals surface area (Å²) in [6, 6.07) is 3.49. The molecule has 0 spiro atoms. The summed E-state index contributed by atoms with van der Waals surface area (Å²) in [7, 11) is 0. The summed E-state index contributed by atoms with van der Waals surface area (Å²) in [5, 5.41) is 12.5. The Labute approximate surface area is 127 Å². The van der Waals surface area contributed by atoms with Gasteiger partial charge in [0, 0.05) is 12.8 Å². The molecular formula is C14H18N4O2S. The Morgan fingerprint density at radius 2 is 2.43 bits per heavy atom. The highest BCUT2D eigenvalue weighted by atomic mass is 32.1. The van der Waals surface area contributed by atoms with Crippen molar-refractivity contribution in [3.63, 3.8) is 0 Å². The van der Waals surface area contributed by atoms with Crippen molar-refractivity contribution in [2.45, 2.75) is 31.9 Å². The third-order valence-corrected chi connectivity index (χ3v) is 4.10. The van der Waals surface area contributed by atoms with Crippen LogP contribution in [0.3, 0.4) is 0 Å². The summed E-state index contributed by atoms with van der Waals surface area (Å²) in [5.74, 6) is 0. The van der Waals surface area contributed by atoms with Gasteiger partial charge in [0.15, 0.2) is 0 Å². The van der Waals surface area contributed by atoms with Gasteiger partial charge in [-0.3, -0.25) is 10.00 Å². The average Bonchev–Trinajstić information content (AvgIpc) is 3.12. The van der Waals surface area contributed by atoms with E-state index in [9.17, 15) is 4.79 Å². The maximum absolute atomic E-state index is 11.8. The molecule has 1 aliphatic heterocycles. The molecule has 0 aliphatic carbocycles. The van der Waals surface area contributed by atoms with Crippen LogP contribution in [0.5, 0.6) is 0 Å². The van der Waals surface area contributed by atoms with E-state index in [1.165, 1.54) is 17.8 Å². The molecule has 7 heteroatoms. The van der Waals surface area contributed by atoms with E-state index < -0.39 is 0 Å². The zero-order chi connectivity index (χ0) is 14.5. The second kappa shape index (κ2) is 6.73. The molecular weight excluding hydrogens is 288 g/mol. The second-order valence-corrected chi connectivity index (χ2v) is 5.94. The van der Waals surface area contributed by atoms with Crippen LogP contribution in [0.2, 0.25) is 0 Å². The highest BCUT2D eigenvalue weighted by Crippen LogP contribution is 2.17. The Bertz CT molecular complexity index is 576. The van der Waals surface area contributed by atoms with E-state index >= 15 is 0 Å². The molecule has 1 unspecified atom stereocenters. The van der Waals surface area contributed by atoms with Crippen molar-refractivity contribution in [2.75, 3.05) is 17.2 Å². The SMILES string of the molecule is O=C(Nc1cnn(CC2CCCCO2)c1)Nc1cccs1. The van der Waals surface area contributed by atoms with Crippen molar-refractivity contribution in [1.29, 1.82) is 0 Å². The van der Waals surface area contributed by atoms with Crippen LogP contribution in [0.15, 0.2) is 29.9 Å². The van der Waals surface area contributed by atoms with E-state index in [0.29, 0.717) is 5.69 Å². The van der Waals surface area contributed by atoms with Crippen molar-refractivity contribution in [3.05, 3.63) is 29.9 Å². The molecule has 0 radical (unpaired) electrons. The van der Waals surface area contributed by atoms with Crippen molar-refractivity contribution in [3.8, 4) is 0 Å². The third kappa shape index (κ3) is 4.05. The number of urea groups is 1. The highest BCUT2D eigenvalue weighted by Gasteiger charge is 2.15. The van der Waals surface area contributed by atoms with Crippen molar-refractivity contribution in [1.82, 2.24) is 9.78 Å². The molecule has 112 valence electrons. The molecule has 2 N–H and O–H groups in total. The van der Waals surface area contributed by atoms with Gasteiger partial charge < -0.3 is 10.1 Å². The molecule has 1 atom stereocenters. The molecule has 3 rings (SSSR count). The highest BCUT2D eigenvalue weighted by molar-refractivity contribution is 7.14. The van der Waals surface area contributed by atoms with Crippen LogP contribution in [0.4, 0.5) is 15.5 Å². The van der Waals surface area contributed by atoms with Gasteiger partial charge in [0.1, 0.15) is 0 Å². The van der Waals surface area contributed by atoms with E-state index in [4.69, 9.17) is 4.74 Å². The Kier molecular flexibility index (Phi) is 4.52. The molecule has 2 aromatic rings. The number of nitrogens with zero attached hydrogens (tertiary/aromatic N) is 2. The summed E-state index contributed by atoms with van der Waals surface area (Å²) in [6.45, 7) is 1.56. The number of carbonyl (C=O) groups excluding carboxylic acids is 1. The maximum atomic E-state index is 11.8. The summed E-state index contributed by atoms with van der Waals surface area (Å²) < 4.78 is 7.50. The number of ether oxygens (including phenoxy) is 1. The molecule has 2 amide bonds. The van der Waals surface area contributed by atoms with Crippen LogP contribution in [-0.2, 0) is 11.3 Å². The first-order chi connectivity index (χ1) is 10.3. The fraction of sp³-hybridized carbons (Fsp3) is 0.429. The smallest absolute Gasteiger partial charge is 0.324 e. The minimum atomic E-state index is -0.258. The number of carbonyl (C=O) groups is 1. The topological polar surface area (TPSA) is 68.2 Å². The fourth-order valence-electron chi connectivity index (χ4n) is 2.31. The number of thiophene rings is 1. The summed E-state index contributed by atoms with van der Waals surface area (Å²) in [5.41, 5.74) is 0.680. The quantitative estimate of drug-likeness (QED) is 0.911. The largest absolute Gasteiger partial charge is 0.376 e. The zero-order valence-electron chi connectivity index (χ0n) is 11.6. The predicted octanol–water partition coefficient (Wildman–Crippen LogP) is 3.16. The second-order valence-electron chi connectivity index (χ2n) is 5.00. The minimum absolute atomic E-state index is 0.228. The number of hydrogen-bond donors (Lipinski definition) is 2. The van der Waals surface area contributed by atoms with Crippen LogP contribution >= 0.6 is 11.3 Å². The molecule has 0 aromatic carbocycles. The van der Waals surface area contributed by atoms with Gasteiger partial charge in [-0.15, -0.1) is 11.3 Å².